The van der Waals surface area contributed by atoms with Crippen molar-refractivity contribution in [1.82, 2.24) is 4.98 Å². The van der Waals surface area contributed by atoms with Crippen LogP contribution in [0.2, 0.25) is 0 Å². The summed E-state index contributed by atoms with van der Waals surface area (Å²) < 4.78 is 0. The second kappa shape index (κ2) is 7.71. The Bertz CT molecular complexity index is 1210. The molecule has 0 bridgehead atoms. The van der Waals surface area contributed by atoms with Crippen molar-refractivity contribution in [2.24, 2.45) is 0 Å². The molecule has 1 N–H and O–H groups in total. The summed E-state index contributed by atoms with van der Waals surface area (Å²) in [5.41, 5.74) is 2.45. The van der Waals surface area contributed by atoms with Gasteiger partial charge in [-0.15, -0.1) is 0 Å². The smallest absolute Gasteiger partial charge is 0.130 e. The van der Waals surface area contributed by atoms with E-state index in [4.69, 9.17) is 0 Å². The number of hydrogen-bond acceptors (Lipinski definition) is 2. The summed E-state index contributed by atoms with van der Waals surface area (Å²) in [6.07, 6.45) is 8.19. The molecule has 1 aromatic heterocycles. The fourth-order valence-corrected chi connectivity index (χ4v) is 4.43. The number of pyridine rings is 1. The van der Waals surface area contributed by atoms with Crippen LogP contribution < -0.4 is 5.32 Å². The number of rotatable bonds is 7. The molecular weight excluding hydrogens is 352 g/mol. The highest BCUT2D eigenvalue weighted by Gasteiger charge is 2.09. The van der Waals surface area contributed by atoms with Gasteiger partial charge < -0.3 is 5.32 Å². The number of nitrogens with zero attached hydrogens (tertiary/aromatic N) is 1. The number of aromatic nitrogens is 1. The molecule has 0 radical (unpaired) electrons. The summed E-state index contributed by atoms with van der Waals surface area (Å²) >= 11 is 0. The quantitative estimate of drug-likeness (QED) is 0.230. The normalized spacial score (nSPS) is 11.6. The maximum absolute atomic E-state index is 4.55. The van der Waals surface area contributed by atoms with E-state index < -0.39 is 0 Å². The first-order chi connectivity index (χ1) is 14.3. The average Bonchev–Trinajstić information content (AvgIpc) is 2.75. The third-order valence-corrected chi connectivity index (χ3v) is 5.88. The molecule has 1 heterocycles. The van der Waals surface area contributed by atoms with E-state index in [0.717, 1.165) is 17.9 Å². The van der Waals surface area contributed by atoms with Gasteiger partial charge in [-0.25, -0.2) is 4.98 Å². The fourth-order valence-electron chi connectivity index (χ4n) is 4.43. The van der Waals surface area contributed by atoms with Crippen LogP contribution >= 0.6 is 0 Å². The molecule has 5 rings (SSSR count). The van der Waals surface area contributed by atoms with Gasteiger partial charge in [0, 0.05) is 11.9 Å². The minimum atomic E-state index is 0.922. The number of nitrogens with one attached hydrogen (secondary N) is 1. The van der Waals surface area contributed by atoms with Gasteiger partial charge in [0.2, 0.25) is 0 Å². The Kier molecular flexibility index (Phi) is 4.77. The molecule has 0 saturated heterocycles. The summed E-state index contributed by atoms with van der Waals surface area (Å²) in [6, 6.07) is 24.2. The van der Waals surface area contributed by atoms with E-state index in [9.17, 15) is 0 Å². The van der Waals surface area contributed by atoms with Crippen molar-refractivity contribution in [2.45, 2.75) is 39.0 Å². The van der Waals surface area contributed by atoms with Crippen molar-refractivity contribution in [3.05, 3.63) is 78.5 Å². The topological polar surface area (TPSA) is 24.9 Å². The Morgan fingerprint density at radius 2 is 1.41 bits per heavy atom. The Hall–Kier alpha value is -3.13. The van der Waals surface area contributed by atoms with Gasteiger partial charge in [0.15, 0.2) is 0 Å². The van der Waals surface area contributed by atoms with E-state index in [-0.39, 0.29) is 0 Å². The molecule has 2 nitrogen and oxygen atoms in total. The number of anilines is 2. The van der Waals surface area contributed by atoms with Crippen molar-refractivity contribution < 1.29 is 0 Å². The molecule has 0 unspecified atom stereocenters. The van der Waals surface area contributed by atoms with Gasteiger partial charge in [-0.05, 0) is 75.0 Å². The summed E-state index contributed by atoms with van der Waals surface area (Å²) in [5.74, 6) is 0.922. The molecular formula is C27H26N2. The molecule has 5 aromatic rings. The molecule has 0 amide bonds. The zero-order chi connectivity index (χ0) is 19.6. The number of aryl methyl sites for hydroxylation is 1. The van der Waals surface area contributed by atoms with Crippen LogP contribution in [0.5, 0.6) is 0 Å². The first kappa shape index (κ1) is 17.9. The lowest BCUT2D eigenvalue weighted by molar-refractivity contribution is 0.666. The third-order valence-electron chi connectivity index (χ3n) is 5.88. The number of unbranched alkanes of at least 4 members (excludes halogenated alkanes) is 3. The number of hydrogen-bond donors (Lipinski definition) is 1. The van der Waals surface area contributed by atoms with Crippen molar-refractivity contribution in [1.29, 1.82) is 0 Å². The minimum absolute atomic E-state index is 0.922. The lowest BCUT2D eigenvalue weighted by Gasteiger charge is -2.13. The second-order valence-corrected chi connectivity index (χ2v) is 7.99. The maximum atomic E-state index is 4.55. The monoisotopic (exact) mass is 378 g/mol. The first-order valence-electron chi connectivity index (χ1n) is 10.7. The van der Waals surface area contributed by atoms with Crippen LogP contribution in [0.3, 0.4) is 0 Å². The molecule has 0 spiro atoms. The molecule has 144 valence electrons. The SMILES string of the molecule is CCCCCCc1ccnc(Nc2cc3ccc4cccc5ccc(c2)c3c45)c1. The molecule has 0 fully saturated rings. The van der Waals surface area contributed by atoms with Crippen LogP contribution in [0.4, 0.5) is 11.5 Å². The molecule has 0 aliphatic carbocycles. The molecule has 0 aliphatic rings. The third kappa shape index (κ3) is 3.51. The molecule has 2 heteroatoms. The summed E-state index contributed by atoms with van der Waals surface area (Å²) in [5, 5.41) is 11.4. The van der Waals surface area contributed by atoms with Crippen LogP contribution in [-0.2, 0) is 6.42 Å². The van der Waals surface area contributed by atoms with Crippen LogP contribution in [0.1, 0.15) is 38.2 Å². The van der Waals surface area contributed by atoms with E-state index in [0.29, 0.717) is 0 Å². The Morgan fingerprint density at radius 1 is 0.724 bits per heavy atom. The van der Waals surface area contributed by atoms with Gasteiger partial charge in [0.25, 0.3) is 0 Å². The second-order valence-electron chi connectivity index (χ2n) is 7.99. The number of benzene rings is 4. The summed E-state index contributed by atoms with van der Waals surface area (Å²) in [4.78, 5) is 4.55. The van der Waals surface area contributed by atoms with Gasteiger partial charge >= 0.3 is 0 Å². The van der Waals surface area contributed by atoms with E-state index in [2.05, 4.69) is 84.0 Å². The van der Waals surface area contributed by atoms with Crippen LogP contribution in [0.15, 0.2) is 72.9 Å². The summed E-state index contributed by atoms with van der Waals surface area (Å²) in [6.45, 7) is 2.25. The highest BCUT2D eigenvalue weighted by atomic mass is 15.0. The minimum Gasteiger partial charge on any atom is -0.340 e. The zero-order valence-electron chi connectivity index (χ0n) is 16.9. The lowest BCUT2D eigenvalue weighted by Crippen LogP contribution is -1.96. The zero-order valence-corrected chi connectivity index (χ0v) is 16.9. The molecule has 0 saturated carbocycles. The standard InChI is InChI=1S/C27H26N2/c1-2-3-4-5-7-19-14-15-28-25(16-19)29-24-17-22-12-10-20-8-6-9-21-11-13-23(18-24)27(22)26(20)21/h6,8-18H,2-5,7H2,1H3,(H,28,29). The average molecular weight is 379 g/mol. The molecule has 0 aliphatic heterocycles. The van der Waals surface area contributed by atoms with Crippen molar-refractivity contribution >= 4 is 43.8 Å². The van der Waals surface area contributed by atoms with E-state index in [1.54, 1.807) is 0 Å². The molecule has 29 heavy (non-hydrogen) atoms. The van der Waals surface area contributed by atoms with Crippen molar-refractivity contribution in [3.8, 4) is 0 Å². The summed E-state index contributed by atoms with van der Waals surface area (Å²) in [7, 11) is 0. The lowest BCUT2D eigenvalue weighted by atomic mass is 9.94. The van der Waals surface area contributed by atoms with Gasteiger partial charge in [-0.1, -0.05) is 68.7 Å². The van der Waals surface area contributed by atoms with Crippen molar-refractivity contribution in [2.75, 3.05) is 5.32 Å². The Morgan fingerprint density at radius 3 is 2.14 bits per heavy atom. The predicted octanol–water partition coefficient (Wildman–Crippen LogP) is 7.85. The Labute approximate surface area is 171 Å². The highest BCUT2D eigenvalue weighted by molar-refractivity contribution is 6.23. The van der Waals surface area contributed by atoms with Gasteiger partial charge in [-0.2, -0.15) is 0 Å². The Balaban J connectivity index is 1.46. The maximum Gasteiger partial charge on any atom is 0.130 e. The van der Waals surface area contributed by atoms with Crippen LogP contribution in [0.25, 0.3) is 32.3 Å². The van der Waals surface area contributed by atoms with Gasteiger partial charge in [0.1, 0.15) is 5.82 Å². The van der Waals surface area contributed by atoms with Crippen LogP contribution in [-0.4, -0.2) is 4.98 Å². The van der Waals surface area contributed by atoms with E-state index in [1.807, 2.05) is 6.20 Å². The molecule has 0 atom stereocenters. The fraction of sp³-hybridized carbons (Fsp3) is 0.222. The van der Waals surface area contributed by atoms with Crippen LogP contribution in [0, 0.1) is 0 Å². The first-order valence-corrected chi connectivity index (χ1v) is 10.7. The predicted molar refractivity (Wildman–Crippen MR) is 126 cm³/mol. The van der Waals surface area contributed by atoms with Gasteiger partial charge in [0.05, 0.1) is 0 Å². The van der Waals surface area contributed by atoms with Gasteiger partial charge in [-0.3, -0.25) is 0 Å². The highest BCUT2D eigenvalue weighted by Crippen LogP contribution is 2.36. The van der Waals surface area contributed by atoms with Crippen molar-refractivity contribution in [3.63, 3.8) is 0 Å². The molecule has 4 aromatic carbocycles. The van der Waals surface area contributed by atoms with E-state index in [1.165, 1.54) is 63.6 Å². The van der Waals surface area contributed by atoms with E-state index >= 15 is 0 Å². The largest absolute Gasteiger partial charge is 0.340 e.